The van der Waals surface area contributed by atoms with Gasteiger partial charge in [-0.15, -0.1) is 10.2 Å². The monoisotopic (exact) mass is 397 g/mol. The first kappa shape index (κ1) is 19.9. The minimum atomic E-state index is 0.0497. The zero-order chi connectivity index (χ0) is 20.1. The summed E-state index contributed by atoms with van der Waals surface area (Å²) >= 11 is 0. The maximum Gasteiger partial charge on any atom is 0.317 e. The summed E-state index contributed by atoms with van der Waals surface area (Å²) < 4.78 is 5.58. The first-order valence-electron chi connectivity index (χ1n) is 10.8. The van der Waals surface area contributed by atoms with Gasteiger partial charge in [-0.05, 0) is 37.7 Å². The van der Waals surface area contributed by atoms with Crippen molar-refractivity contribution in [3.05, 3.63) is 47.7 Å². The van der Waals surface area contributed by atoms with E-state index in [2.05, 4.69) is 50.7 Å². The average molecular weight is 398 g/mol. The number of nitrogens with zero attached hydrogens (tertiary/aromatic N) is 4. The molecule has 1 aromatic carbocycles. The van der Waals surface area contributed by atoms with Crippen LogP contribution in [0.1, 0.15) is 48.9 Å². The van der Waals surface area contributed by atoms with Crippen LogP contribution in [-0.2, 0) is 6.42 Å². The first-order valence-corrected chi connectivity index (χ1v) is 10.8. The van der Waals surface area contributed by atoms with Gasteiger partial charge in [0.25, 0.3) is 0 Å². The van der Waals surface area contributed by atoms with Gasteiger partial charge >= 0.3 is 6.03 Å². The number of carbonyl (C=O) groups is 1. The van der Waals surface area contributed by atoms with E-state index in [0.717, 1.165) is 58.3 Å². The highest BCUT2D eigenvalue weighted by Crippen LogP contribution is 2.26. The number of benzene rings is 1. The number of nitrogens with one attached hydrogen (secondary N) is 1. The summed E-state index contributed by atoms with van der Waals surface area (Å²) in [6.45, 7) is 6.43. The largest absolute Gasteiger partial charge is 0.425 e. The minimum Gasteiger partial charge on any atom is -0.425 e. The predicted octanol–water partition coefficient (Wildman–Crippen LogP) is 2.97. The second kappa shape index (κ2) is 9.39. The molecular weight excluding hydrogens is 366 g/mol. The molecule has 2 aromatic rings. The Bertz CT molecular complexity index is 786. The Morgan fingerprint density at radius 1 is 1.14 bits per heavy atom. The van der Waals surface area contributed by atoms with Gasteiger partial charge in [0.15, 0.2) is 0 Å². The lowest BCUT2D eigenvalue weighted by molar-refractivity contribution is 0.157. The van der Waals surface area contributed by atoms with Crippen molar-refractivity contribution in [1.82, 2.24) is 25.3 Å². The van der Waals surface area contributed by atoms with Crippen molar-refractivity contribution in [1.29, 1.82) is 0 Å². The number of rotatable bonds is 5. The Balaban J connectivity index is 1.20. The number of likely N-dealkylation sites (tertiary alicyclic amines) is 2. The lowest BCUT2D eigenvalue weighted by Gasteiger charge is -2.35. The molecule has 2 saturated heterocycles. The molecule has 0 bridgehead atoms. The third-order valence-electron chi connectivity index (χ3n) is 6.07. The number of hydrogen-bond donors (Lipinski definition) is 1. The third kappa shape index (κ3) is 5.35. The second-order valence-corrected chi connectivity index (χ2v) is 8.25. The fourth-order valence-corrected chi connectivity index (χ4v) is 4.34. The van der Waals surface area contributed by atoms with Crippen LogP contribution in [0.4, 0.5) is 4.79 Å². The van der Waals surface area contributed by atoms with E-state index in [-0.39, 0.29) is 18.0 Å². The second-order valence-electron chi connectivity index (χ2n) is 8.25. The molecular formula is C22H31N5O2. The fourth-order valence-electron chi connectivity index (χ4n) is 4.34. The summed E-state index contributed by atoms with van der Waals surface area (Å²) in [5, 5.41) is 11.3. The number of carbonyl (C=O) groups excluding carboxylic acids is 1. The van der Waals surface area contributed by atoms with Crippen LogP contribution in [0.5, 0.6) is 0 Å². The quantitative estimate of drug-likeness (QED) is 0.840. The number of urea groups is 1. The Morgan fingerprint density at radius 3 is 2.66 bits per heavy atom. The summed E-state index contributed by atoms with van der Waals surface area (Å²) in [6, 6.07) is 11.0. The standard InChI is InChI=1S/C22H31N5O2/c1-17-24-25-21(29-17)19-8-5-12-27(16-19)22(28)23-20-10-14-26(15-11-20)13-9-18-6-3-2-4-7-18/h2-4,6-7,19-20H,5,8-16H2,1H3,(H,23,28). The number of amides is 2. The van der Waals surface area contributed by atoms with Crippen molar-refractivity contribution in [3.63, 3.8) is 0 Å². The predicted molar refractivity (Wildman–Crippen MR) is 111 cm³/mol. The van der Waals surface area contributed by atoms with Crippen LogP contribution in [0, 0.1) is 6.92 Å². The Morgan fingerprint density at radius 2 is 1.93 bits per heavy atom. The molecule has 1 N–H and O–H groups in total. The van der Waals surface area contributed by atoms with Crippen LogP contribution < -0.4 is 5.32 Å². The summed E-state index contributed by atoms with van der Waals surface area (Å²) in [5.41, 5.74) is 1.39. The van der Waals surface area contributed by atoms with Crippen molar-refractivity contribution in [2.45, 2.75) is 51.0 Å². The van der Waals surface area contributed by atoms with E-state index < -0.39 is 0 Å². The maximum absolute atomic E-state index is 12.8. The van der Waals surface area contributed by atoms with Gasteiger partial charge < -0.3 is 19.5 Å². The Hall–Kier alpha value is -2.41. The molecule has 7 heteroatoms. The molecule has 2 amide bonds. The van der Waals surface area contributed by atoms with Gasteiger partial charge in [0, 0.05) is 45.7 Å². The Kier molecular flexibility index (Phi) is 6.44. The molecule has 156 valence electrons. The zero-order valence-electron chi connectivity index (χ0n) is 17.2. The van der Waals surface area contributed by atoms with Gasteiger partial charge in [-0.25, -0.2) is 4.79 Å². The molecule has 29 heavy (non-hydrogen) atoms. The van der Waals surface area contributed by atoms with E-state index >= 15 is 0 Å². The molecule has 2 aliphatic heterocycles. The minimum absolute atomic E-state index is 0.0497. The van der Waals surface area contributed by atoms with E-state index in [9.17, 15) is 4.79 Å². The van der Waals surface area contributed by atoms with Crippen molar-refractivity contribution in [3.8, 4) is 0 Å². The molecule has 1 atom stereocenters. The van der Waals surface area contributed by atoms with Crippen molar-refractivity contribution >= 4 is 6.03 Å². The van der Waals surface area contributed by atoms with Gasteiger partial charge in [-0.1, -0.05) is 30.3 Å². The molecule has 1 unspecified atom stereocenters. The van der Waals surface area contributed by atoms with E-state index in [1.807, 2.05) is 4.90 Å². The van der Waals surface area contributed by atoms with E-state index in [1.165, 1.54) is 5.56 Å². The van der Waals surface area contributed by atoms with Crippen molar-refractivity contribution in [2.75, 3.05) is 32.7 Å². The highest BCUT2D eigenvalue weighted by atomic mass is 16.4. The van der Waals surface area contributed by atoms with Crippen LogP contribution in [0.2, 0.25) is 0 Å². The summed E-state index contributed by atoms with van der Waals surface area (Å²) in [7, 11) is 0. The topological polar surface area (TPSA) is 74.5 Å². The number of aryl methyl sites for hydroxylation is 1. The lowest BCUT2D eigenvalue weighted by Crippen LogP contribution is -2.51. The molecule has 1 aromatic heterocycles. The van der Waals surface area contributed by atoms with Crippen molar-refractivity contribution in [2.24, 2.45) is 0 Å². The van der Waals surface area contributed by atoms with Crippen LogP contribution in [0.15, 0.2) is 34.7 Å². The van der Waals surface area contributed by atoms with Crippen LogP contribution >= 0.6 is 0 Å². The lowest BCUT2D eigenvalue weighted by atomic mass is 9.98. The number of hydrogen-bond acceptors (Lipinski definition) is 5. The summed E-state index contributed by atoms with van der Waals surface area (Å²) in [5.74, 6) is 1.39. The van der Waals surface area contributed by atoms with Crippen molar-refractivity contribution < 1.29 is 9.21 Å². The molecule has 3 heterocycles. The number of piperidine rings is 2. The Labute approximate surface area is 172 Å². The first-order chi connectivity index (χ1) is 14.2. The average Bonchev–Trinajstić information content (AvgIpc) is 3.20. The third-order valence-corrected chi connectivity index (χ3v) is 6.07. The molecule has 2 fully saturated rings. The zero-order valence-corrected chi connectivity index (χ0v) is 17.2. The highest BCUT2D eigenvalue weighted by molar-refractivity contribution is 5.74. The fraction of sp³-hybridized carbons (Fsp3) is 0.591. The van der Waals surface area contributed by atoms with Gasteiger partial charge in [-0.2, -0.15) is 0 Å². The summed E-state index contributed by atoms with van der Waals surface area (Å²) in [4.78, 5) is 17.2. The van der Waals surface area contributed by atoms with Crippen LogP contribution in [0.3, 0.4) is 0 Å². The summed E-state index contributed by atoms with van der Waals surface area (Å²) in [6.07, 6.45) is 5.08. The molecule has 7 nitrogen and oxygen atoms in total. The van der Waals surface area contributed by atoms with E-state index in [0.29, 0.717) is 18.3 Å². The molecule has 2 aliphatic rings. The van der Waals surface area contributed by atoms with E-state index in [1.54, 1.807) is 6.92 Å². The smallest absolute Gasteiger partial charge is 0.317 e. The van der Waals surface area contributed by atoms with Gasteiger partial charge in [0.05, 0.1) is 5.92 Å². The van der Waals surface area contributed by atoms with Gasteiger partial charge in [-0.3, -0.25) is 0 Å². The molecule has 0 spiro atoms. The van der Waals surface area contributed by atoms with Gasteiger partial charge in [0.1, 0.15) is 0 Å². The van der Waals surface area contributed by atoms with Gasteiger partial charge in [0.2, 0.25) is 11.8 Å². The number of aromatic nitrogens is 2. The maximum atomic E-state index is 12.8. The molecule has 4 rings (SSSR count). The molecule has 0 radical (unpaired) electrons. The molecule has 0 aliphatic carbocycles. The van der Waals surface area contributed by atoms with Crippen LogP contribution in [0.25, 0.3) is 0 Å². The SMILES string of the molecule is Cc1nnc(C2CCCN(C(=O)NC3CCN(CCc4ccccc4)CC3)C2)o1. The highest BCUT2D eigenvalue weighted by Gasteiger charge is 2.29. The normalized spacial score (nSPS) is 21.3. The van der Waals surface area contributed by atoms with Crippen LogP contribution in [-0.4, -0.2) is 64.8 Å². The molecule has 0 saturated carbocycles. The van der Waals surface area contributed by atoms with E-state index in [4.69, 9.17) is 4.42 Å².